The summed E-state index contributed by atoms with van der Waals surface area (Å²) in [6.45, 7) is 3.59. The highest BCUT2D eigenvalue weighted by molar-refractivity contribution is 6.12. The molecule has 0 aromatic carbocycles. The third-order valence-electron chi connectivity index (χ3n) is 3.12. The molecule has 0 atom stereocenters. The third-order valence-corrected chi connectivity index (χ3v) is 3.12. The number of quaternary nitrogens is 1. The van der Waals surface area contributed by atoms with Gasteiger partial charge < -0.3 is 9.28 Å². The van der Waals surface area contributed by atoms with Gasteiger partial charge in [0.1, 0.15) is 5.78 Å². The van der Waals surface area contributed by atoms with E-state index in [0.717, 1.165) is 13.0 Å². The molecular formula is C13H21N2O3+. The van der Waals surface area contributed by atoms with Crippen LogP contribution in [0.1, 0.15) is 19.8 Å². The zero-order chi connectivity index (χ0) is 13.8. The van der Waals surface area contributed by atoms with Crippen LogP contribution in [0.2, 0.25) is 0 Å². The van der Waals surface area contributed by atoms with Crippen LogP contribution >= 0.6 is 0 Å². The first kappa shape index (κ1) is 14.6. The number of rotatable bonds is 7. The number of amides is 2. The van der Waals surface area contributed by atoms with E-state index >= 15 is 0 Å². The third kappa shape index (κ3) is 4.41. The normalized spacial score (nSPS) is 15.6. The Morgan fingerprint density at radius 3 is 2.22 bits per heavy atom. The van der Waals surface area contributed by atoms with Crippen molar-refractivity contribution >= 4 is 17.6 Å². The Morgan fingerprint density at radius 2 is 1.72 bits per heavy atom. The van der Waals surface area contributed by atoms with Gasteiger partial charge in [0, 0.05) is 25.0 Å². The van der Waals surface area contributed by atoms with Crippen LogP contribution in [-0.2, 0) is 14.4 Å². The van der Waals surface area contributed by atoms with Gasteiger partial charge in [-0.1, -0.05) is 0 Å². The van der Waals surface area contributed by atoms with Gasteiger partial charge in [-0.15, -0.1) is 0 Å². The molecule has 0 aromatic rings. The maximum absolute atomic E-state index is 11.4. The van der Waals surface area contributed by atoms with Crippen LogP contribution in [-0.4, -0.2) is 60.7 Å². The van der Waals surface area contributed by atoms with Crippen molar-refractivity contribution in [3.63, 3.8) is 0 Å². The standard InChI is InChI=1S/C13H21N2O3/c1-11(16)5-4-9-15(2,3)10-8-14-12(17)6-7-13(14)18/h6-7H,4-5,8-10H2,1-3H3/q+1. The lowest BCUT2D eigenvalue weighted by atomic mass is 10.2. The number of carbonyl (C=O) groups excluding carboxylic acids is 3. The fourth-order valence-corrected chi connectivity index (χ4v) is 1.89. The number of Topliss-reactive ketones (excluding diaryl/α,β-unsaturated/α-hetero) is 1. The number of hydrogen-bond acceptors (Lipinski definition) is 3. The largest absolute Gasteiger partial charge is 0.327 e. The second kappa shape index (κ2) is 5.91. The predicted octanol–water partition coefficient (Wildman–Crippen LogP) is 0.357. The topological polar surface area (TPSA) is 54.5 Å². The smallest absolute Gasteiger partial charge is 0.253 e. The van der Waals surface area contributed by atoms with Crippen LogP contribution < -0.4 is 0 Å². The Kier molecular flexibility index (Phi) is 4.78. The van der Waals surface area contributed by atoms with Crippen LogP contribution in [0.25, 0.3) is 0 Å². The van der Waals surface area contributed by atoms with Gasteiger partial charge >= 0.3 is 0 Å². The van der Waals surface area contributed by atoms with Gasteiger partial charge in [0.05, 0.1) is 33.7 Å². The first-order chi connectivity index (χ1) is 8.32. The monoisotopic (exact) mass is 253 g/mol. The molecule has 0 spiro atoms. The Morgan fingerprint density at radius 1 is 1.17 bits per heavy atom. The highest BCUT2D eigenvalue weighted by atomic mass is 16.2. The van der Waals surface area contributed by atoms with E-state index in [-0.39, 0.29) is 17.6 Å². The molecule has 1 aliphatic rings. The molecule has 0 saturated carbocycles. The quantitative estimate of drug-likeness (QED) is 0.486. The molecule has 1 aliphatic heterocycles. The van der Waals surface area contributed by atoms with E-state index in [4.69, 9.17) is 0 Å². The molecule has 0 bridgehead atoms. The van der Waals surface area contributed by atoms with Crippen molar-refractivity contribution in [3.8, 4) is 0 Å². The number of nitrogens with zero attached hydrogens (tertiary/aromatic N) is 2. The van der Waals surface area contributed by atoms with E-state index in [1.165, 1.54) is 17.1 Å². The van der Waals surface area contributed by atoms with Gasteiger partial charge in [-0.3, -0.25) is 14.5 Å². The first-order valence-electron chi connectivity index (χ1n) is 6.17. The van der Waals surface area contributed by atoms with E-state index < -0.39 is 0 Å². The summed E-state index contributed by atoms with van der Waals surface area (Å²) < 4.78 is 0.699. The van der Waals surface area contributed by atoms with Crippen LogP contribution in [0.15, 0.2) is 12.2 Å². The van der Waals surface area contributed by atoms with Gasteiger partial charge in [0.2, 0.25) is 0 Å². The Balaban J connectivity index is 2.35. The number of ketones is 1. The zero-order valence-electron chi connectivity index (χ0n) is 11.3. The minimum Gasteiger partial charge on any atom is -0.327 e. The second-order valence-electron chi connectivity index (χ2n) is 5.35. The van der Waals surface area contributed by atoms with Gasteiger partial charge in [-0.05, 0) is 6.92 Å². The van der Waals surface area contributed by atoms with Crippen LogP contribution in [0.4, 0.5) is 0 Å². The Labute approximate surface area is 108 Å². The van der Waals surface area contributed by atoms with E-state index in [2.05, 4.69) is 0 Å². The summed E-state index contributed by atoms with van der Waals surface area (Å²) in [5.41, 5.74) is 0. The molecule has 5 nitrogen and oxygen atoms in total. The Hall–Kier alpha value is -1.49. The highest BCUT2D eigenvalue weighted by Gasteiger charge is 2.26. The summed E-state index contributed by atoms with van der Waals surface area (Å²) in [6.07, 6.45) is 4.03. The molecule has 0 aliphatic carbocycles. The molecule has 18 heavy (non-hydrogen) atoms. The summed E-state index contributed by atoms with van der Waals surface area (Å²) in [5.74, 6) is -0.267. The fourth-order valence-electron chi connectivity index (χ4n) is 1.89. The van der Waals surface area contributed by atoms with Crippen LogP contribution in [0, 0.1) is 0 Å². The summed E-state index contributed by atoms with van der Waals surface area (Å²) in [5, 5.41) is 0. The second-order valence-corrected chi connectivity index (χ2v) is 5.35. The SMILES string of the molecule is CC(=O)CCC[N+](C)(C)CCN1C(=O)C=CC1=O. The lowest BCUT2D eigenvalue weighted by molar-refractivity contribution is -0.889. The van der Waals surface area contributed by atoms with E-state index in [1.807, 2.05) is 14.1 Å². The molecule has 5 heteroatoms. The van der Waals surface area contributed by atoms with Gasteiger partial charge in [-0.25, -0.2) is 0 Å². The lowest BCUT2D eigenvalue weighted by Crippen LogP contribution is -2.47. The van der Waals surface area contributed by atoms with Gasteiger partial charge in [0.15, 0.2) is 0 Å². The molecule has 1 rings (SSSR count). The highest BCUT2D eigenvalue weighted by Crippen LogP contribution is 2.07. The lowest BCUT2D eigenvalue weighted by Gasteiger charge is -2.31. The zero-order valence-corrected chi connectivity index (χ0v) is 11.3. The number of hydrogen-bond donors (Lipinski definition) is 0. The Bertz CT molecular complexity index is 368. The summed E-state index contributed by atoms with van der Waals surface area (Å²) in [7, 11) is 4.08. The minimum absolute atomic E-state index is 0.198. The molecule has 100 valence electrons. The predicted molar refractivity (Wildman–Crippen MR) is 67.6 cm³/mol. The average Bonchev–Trinajstić information content (AvgIpc) is 2.55. The number of imide groups is 1. The van der Waals surface area contributed by atoms with Crippen LogP contribution in [0.5, 0.6) is 0 Å². The summed E-state index contributed by atoms with van der Waals surface area (Å²) >= 11 is 0. The average molecular weight is 253 g/mol. The minimum atomic E-state index is -0.233. The molecule has 0 saturated heterocycles. The van der Waals surface area contributed by atoms with Crippen molar-refractivity contribution in [2.75, 3.05) is 33.7 Å². The van der Waals surface area contributed by atoms with Crippen molar-refractivity contribution in [1.82, 2.24) is 4.90 Å². The molecule has 0 aromatic heterocycles. The molecule has 0 fully saturated rings. The van der Waals surface area contributed by atoms with Crippen LogP contribution in [0.3, 0.4) is 0 Å². The van der Waals surface area contributed by atoms with Crippen molar-refractivity contribution in [3.05, 3.63) is 12.2 Å². The van der Waals surface area contributed by atoms with Gasteiger partial charge in [0.25, 0.3) is 11.8 Å². The fraction of sp³-hybridized carbons (Fsp3) is 0.615. The van der Waals surface area contributed by atoms with Gasteiger partial charge in [-0.2, -0.15) is 0 Å². The number of carbonyl (C=O) groups is 3. The molecule has 2 amide bonds. The first-order valence-corrected chi connectivity index (χ1v) is 6.17. The van der Waals surface area contributed by atoms with Crippen molar-refractivity contribution in [1.29, 1.82) is 0 Å². The molecule has 0 unspecified atom stereocenters. The molecule has 0 radical (unpaired) electrons. The van der Waals surface area contributed by atoms with E-state index in [9.17, 15) is 14.4 Å². The number of likely N-dealkylation sites (N-methyl/N-ethyl adjacent to an activating group) is 1. The van der Waals surface area contributed by atoms with E-state index in [0.29, 0.717) is 24.0 Å². The summed E-state index contributed by atoms with van der Waals surface area (Å²) in [6, 6.07) is 0. The van der Waals surface area contributed by atoms with Crippen molar-refractivity contribution in [2.24, 2.45) is 0 Å². The van der Waals surface area contributed by atoms with Crippen molar-refractivity contribution < 1.29 is 18.9 Å². The summed E-state index contributed by atoms with van der Waals surface area (Å²) in [4.78, 5) is 34.9. The van der Waals surface area contributed by atoms with E-state index in [1.54, 1.807) is 6.92 Å². The molecule has 0 N–H and O–H groups in total. The molecule has 1 heterocycles. The maximum Gasteiger partial charge on any atom is 0.253 e. The maximum atomic E-state index is 11.4. The van der Waals surface area contributed by atoms with Crippen molar-refractivity contribution in [2.45, 2.75) is 19.8 Å². The molecular weight excluding hydrogens is 232 g/mol.